The van der Waals surface area contributed by atoms with Crippen molar-refractivity contribution in [3.8, 4) is 0 Å². The van der Waals surface area contributed by atoms with E-state index in [2.05, 4.69) is 67.7 Å². The van der Waals surface area contributed by atoms with Crippen molar-refractivity contribution < 1.29 is 29.4 Å². The average molecular weight is 880 g/mol. The maximum atomic E-state index is 14.5. The van der Waals surface area contributed by atoms with E-state index in [4.69, 9.17) is 21.2 Å². The molecule has 0 aromatic rings. The van der Waals surface area contributed by atoms with Crippen LogP contribution < -0.4 is 16.0 Å². The van der Waals surface area contributed by atoms with Gasteiger partial charge in [0.05, 0.1) is 18.8 Å². The van der Waals surface area contributed by atoms with Gasteiger partial charge in [-0.15, -0.1) is 11.6 Å². The number of ether oxygens (including phenoxy) is 1. The fourth-order valence-electron chi connectivity index (χ4n) is 13.7. The molecule has 1 heterocycles. The van der Waals surface area contributed by atoms with E-state index in [1.165, 1.54) is 38.5 Å². The molecule has 15 atom stereocenters. The van der Waals surface area contributed by atoms with E-state index in [0.717, 1.165) is 77.5 Å². The summed E-state index contributed by atoms with van der Waals surface area (Å²) >= 11 is 6.05. The lowest BCUT2D eigenvalue weighted by molar-refractivity contribution is -0.193. The Morgan fingerprint density at radius 3 is 2.38 bits per heavy atom. The van der Waals surface area contributed by atoms with E-state index in [0.29, 0.717) is 47.4 Å². The van der Waals surface area contributed by atoms with Gasteiger partial charge in [-0.2, -0.15) is 5.06 Å². The molecule has 7 rings (SSSR count). The lowest BCUT2D eigenvalue weighted by atomic mass is 9.45. The van der Waals surface area contributed by atoms with Crippen LogP contribution in [0.4, 0.5) is 0 Å². The minimum absolute atomic E-state index is 0.0814. The van der Waals surface area contributed by atoms with E-state index >= 15 is 0 Å². The molecule has 5 N–H and O–H groups in total. The standard InChI is InChI=1S/C48H87ClN6O6/c1-30-40-25-36(48(40,3)4)26-41(30)52-47(59)44-43(31(2)57)42(29-56)61-55(44)27-33-15-12-16-39(45(33)60-8)34-22-35(24-37(23-34)50-18-20-54(7)19-17-49)46(58)51-38(28-53(5)6)21-32-13-10-9-11-14-32/h30-45,50,56-57H,9-29H2,1-8H3,(H,51,58)(H,52,59)/t30-,31-,33?,34?,35?,36+,37?,38-,39?,40-,41?,42-,43-,44-,45?/m0/s1. The van der Waals surface area contributed by atoms with Crippen molar-refractivity contribution >= 4 is 23.4 Å². The van der Waals surface area contributed by atoms with Crippen molar-refractivity contribution in [2.75, 3.05) is 73.5 Å². The van der Waals surface area contributed by atoms with Crippen molar-refractivity contribution in [2.24, 2.45) is 58.7 Å². The van der Waals surface area contributed by atoms with E-state index in [1.54, 1.807) is 12.0 Å². The zero-order valence-corrected chi connectivity index (χ0v) is 40.1. The predicted octanol–water partition coefficient (Wildman–Crippen LogP) is 5.14. The third-order valence-electron chi connectivity index (χ3n) is 17.1. The summed E-state index contributed by atoms with van der Waals surface area (Å²) in [4.78, 5) is 39.9. The number of amides is 2. The Morgan fingerprint density at radius 2 is 1.74 bits per heavy atom. The second kappa shape index (κ2) is 22.4. The second-order valence-electron chi connectivity index (χ2n) is 21.8. The van der Waals surface area contributed by atoms with Crippen LogP contribution in [0.25, 0.3) is 0 Å². The number of aliphatic hydroxyl groups is 2. The Hall–Kier alpha value is -1.09. The number of rotatable bonds is 20. The van der Waals surface area contributed by atoms with E-state index in [1.807, 2.05) is 7.11 Å². The minimum Gasteiger partial charge on any atom is -0.394 e. The molecular weight excluding hydrogens is 792 g/mol. The molecule has 0 spiro atoms. The van der Waals surface area contributed by atoms with Crippen LogP contribution in [0.2, 0.25) is 0 Å². The van der Waals surface area contributed by atoms with Crippen molar-refractivity contribution in [3.05, 3.63) is 0 Å². The van der Waals surface area contributed by atoms with Crippen molar-refractivity contribution in [2.45, 2.75) is 160 Å². The highest BCUT2D eigenvalue weighted by molar-refractivity contribution is 6.18. The molecule has 1 aliphatic heterocycles. The normalized spacial score (nSPS) is 38.0. The van der Waals surface area contributed by atoms with Gasteiger partial charge in [-0.1, -0.05) is 59.3 Å². The molecule has 0 aromatic carbocycles. The van der Waals surface area contributed by atoms with E-state index in [9.17, 15) is 19.8 Å². The second-order valence-corrected chi connectivity index (χ2v) is 22.2. The summed E-state index contributed by atoms with van der Waals surface area (Å²) in [6, 6.07) is -0.271. The minimum atomic E-state index is -0.837. The van der Waals surface area contributed by atoms with Gasteiger partial charge in [0.1, 0.15) is 12.1 Å². The molecule has 1 saturated heterocycles. The van der Waals surface area contributed by atoms with Gasteiger partial charge in [-0.05, 0) is 120 Å². The van der Waals surface area contributed by atoms with Crippen LogP contribution in [-0.2, 0) is 19.2 Å². The fourth-order valence-corrected chi connectivity index (χ4v) is 14.0. The maximum Gasteiger partial charge on any atom is 0.240 e. The van der Waals surface area contributed by atoms with Crippen LogP contribution in [0.15, 0.2) is 0 Å². The summed E-state index contributed by atoms with van der Waals surface area (Å²) in [6.07, 6.45) is 13.8. The molecule has 352 valence electrons. The molecule has 2 bridgehead atoms. The molecule has 13 heteroatoms. The number of likely N-dealkylation sites (N-methyl/N-ethyl adjacent to an activating group) is 2. The Labute approximate surface area is 374 Å². The quantitative estimate of drug-likeness (QED) is 0.105. The molecule has 7 fully saturated rings. The molecule has 12 nitrogen and oxygen atoms in total. The lowest BCUT2D eigenvalue weighted by Gasteiger charge is -2.62. The first-order valence-electron chi connectivity index (χ1n) is 24.6. The van der Waals surface area contributed by atoms with Crippen LogP contribution in [0.1, 0.15) is 118 Å². The van der Waals surface area contributed by atoms with Gasteiger partial charge >= 0.3 is 0 Å². The highest BCUT2D eigenvalue weighted by Crippen LogP contribution is 2.61. The Bertz CT molecular complexity index is 1390. The third-order valence-corrected chi connectivity index (χ3v) is 17.3. The predicted molar refractivity (Wildman–Crippen MR) is 243 cm³/mol. The molecular formula is C48H87ClN6O6. The van der Waals surface area contributed by atoms with Gasteiger partial charge in [0.15, 0.2) is 0 Å². The molecule has 61 heavy (non-hydrogen) atoms. The highest BCUT2D eigenvalue weighted by atomic mass is 35.5. The molecule has 6 saturated carbocycles. The number of halogens is 1. The first-order valence-corrected chi connectivity index (χ1v) is 25.2. The third kappa shape index (κ3) is 12.0. The van der Waals surface area contributed by atoms with Gasteiger partial charge in [0.2, 0.25) is 11.8 Å². The maximum absolute atomic E-state index is 14.5. The van der Waals surface area contributed by atoms with Gasteiger partial charge < -0.3 is 40.7 Å². The number of nitrogens with zero attached hydrogens (tertiary/aromatic N) is 3. The molecule has 7 unspecified atom stereocenters. The summed E-state index contributed by atoms with van der Waals surface area (Å²) in [5.74, 6) is 2.92. The SMILES string of the molecule is COC1C(CN2O[C@@H](CO)[C@H]([C@H](C)O)[C@H]2C(=O)NC2C[C@H]3C[C@@H]([C@@H]2C)C3(C)C)CCCC1C1CC(NCCN(C)CCCl)CC(C(=O)N[C@@H](CC2CCCCC2)CN(C)C)C1. The van der Waals surface area contributed by atoms with E-state index in [-0.39, 0.29) is 60.4 Å². The number of nitrogens with one attached hydrogen (secondary N) is 3. The number of methoxy groups -OCH3 is 1. The van der Waals surface area contributed by atoms with Gasteiger partial charge in [-0.3, -0.25) is 14.4 Å². The smallest absolute Gasteiger partial charge is 0.240 e. The Balaban J connectivity index is 1.17. The van der Waals surface area contributed by atoms with Crippen LogP contribution >= 0.6 is 11.6 Å². The number of aliphatic hydroxyl groups excluding tert-OH is 2. The first-order chi connectivity index (χ1) is 29.1. The zero-order valence-electron chi connectivity index (χ0n) is 39.3. The lowest BCUT2D eigenvalue weighted by Crippen LogP contribution is -2.62. The number of alkyl halides is 1. The van der Waals surface area contributed by atoms with Crippen LogP contribution in [-0.4, -0.2) is 153 Å². The van der Waals surface area contributed by atoms with Crippen molar-refractivity contribution in [3.63, 3.8) is 0 Å². The summed E-state index contributed by atoms with van der Waals surface area (Å²) < 4.78 is 6.51. The van der Waals surface area contributed by atoms with Crippen LogP contribution in [0.3, 0.4) is 0 Å². The largest absolute Gasteiger partial charge is 0.394 e. The molecule has 0 radical (unpaired) electrons. The van der Waals surface area contributed by atoms with Gasteiger partial charge in [0, 0.05) is 81.6 Å². The zero-order chi connectivity index (χ0) is 44.0. The number of fused-ring (bicyclic) bond motifs is 2. The number of carbonyl (C=O) groups is 2. The summed E-state index contributed by atoms with van der Waals surface area (Å²) in [5.41, 5.74) is 0.308. The monoisotopic (exact) mass is 879 g/mol. The van der Waals surface area contributed by atoms with Crippen molar-refractivity contribution in [1.82, 2.24) is 30.8 Å². The summed E-state index contributed by atoms with van der Waals surface area (Å²) in [7, 11) is 8.15. The Kier molecular flexibility index (Phi) is 18.1. The molecule has 6 aliphatic carbocycles. The topological polar surface area (TPSA) is 139 Å². The van der Waals surface area contributed by atoms with E-state index < -0.39 is 24.2 Å². The van der Waals surface area contributed by atoms with Crippen molar-refractivity contribution in [1.29, 1.82) is 0 Å². The number of hydrogen-bond acceptors (Lipinski definition) is 10. The Morgan fingerprint density at radius 1 is 0.984 bits per heavy atom. The summed E-state index contributed by atoms with van der Waals surface area (Å²) in [6.45, 7) is 12.4. The molecule has 0 aromatic heterocycles. The number of hydroxylamine groups is 2. The summed E-state index contributed by atoms with van der Waals surface area (Å²) in [5, 5.41) is 34.3. The van der Waals surface area contributed by atoms with Gasteiger partial charge in [0.25, 0.3) is 0 Å². The highest BCUT2D eigenvalue weighted by Gasteiger charge is 2.58. The molecule has 2 amide bonds. The van der Waals surface area contributed by atoms with Crippen LogP contribution in [0, 0.1) is 58.7 Å². The average Bonchev–Trinajstić information content (AvgIpc) is 3.60. The first kappa shape index (κ1) is 49.3. The van der Waals surface area contributed by atoms with Gasteiger partial charge in [-0.25, -0.2) is 0 Å². The fraction of sp³-hybridized carbons (Fsp3) is 0.958. The number of hydrogen-bond donors (Lipinski definition) is 5. The number of carbonyl (C=O) groups excluding carboxylic acids is 2. The van der Waals surface area contributed by atoms with Crippen LogP contribution in [0.5, 0.6) is 0 Å². The molecule has 7 aliphatic rings.